The van der Waals surface area contributed by atoms with Crippen LogP contribution in [0.15, 0.2) is 0 Å². The maximum absolute atomic E-state index is 12.5. The van der Waals surface area contributed by atoms with Gasteiger partial charge in [-0.1, -0.05) is 6.92 Å². The molecule has 0 aromatic carbocycles. The van der Waals surface area contributed by atoms with Crippen LogP contribution in [0.4, 0.5) is 13.2 Å². The van der Waals surface area contributed by atoms with Gasteiger partial charge in [-0.25, -0.2) is 12.7 Å². The number of hydrogen-bond donors (Lipinski definition) is 2. The van der Waals surface area contributed by atoms with Crippen LogP contribution >= 0.6 is 0 Å². The Bertz CT molecular complexity index is 435. The van der Waals surface area contributed by atoms with Crippen LogP contribution in [0.5, 0.6) is 0 Å². The molecule has 0 aliphatic rings. The lowest BCUT2D eigenvalue weighted by Crippen LogP contribution is -2.61. The topological polar surface area (TPSA) is 92.5 Å². The summed E-state index contributed by atoms with van der Waals surface area (Å²) in [6.45, 7) is 2.50. The van der Waals surface area contributed by atoms with E-state index < -0.39 is 27.6 Å². The third-order valence-corrected chi connectivity index (χ3v) is 4.13. The molecule has 0 radical (unpaired) electrons. The maximum Gasteiger partial charge on any atom is 0.415 e. The number of hydrogen-bond acceptors (Lipinski definition) is 4. The number of halogens is 3. The third kappa shape index (κ3) is 5.25. The molecule has 20 heavy (non-hydrogen) atoms. The van der Waals surface area contributed by atoms with E-state index in [9.17, 15) is 26.4 Å². The highest BCUT2D eigenvalue weighted by atomic mass is 32.2. The van der Waals surface area contributed by atoms with Crippen molar-refractivity contribution in [2.75, 3.05) is 25.9 Å². The lowest BCUT2D eigenvalue weighted by molar-refractivity contribution is -0.187. The van der Waals surface area contributed by atoms with Gasteiger partial charge in [-0.2, -0.15) is 13.2 Å². The minimum absolute atomic E-state index is 0.0896. The van der Waals surface area contributed by atoms with Gasteiger partial charge in [0.25, 0.3) is 0 Å². The predicted molar refractivity (Wildman–Crippen MR) is 68.4 cm³/mol. The van der Waals surface area contributed by atoms with Crippen molar-refractivity contribution < 1.29 is 26.4 Å². The van der Waals surface area contributed by atoms with Crippen LogP contribution in [0.1, 0.15) is 20.3 Å². The average Bonchev–Trinajstić information content (AvgIpc) is 2.25. The standard InChI is InChI=1S/C10H20F3N3O3S/c1-4-16(20(3,18)19)7-5-6-15-8(17)9(2,14)10(11,12)13/h4-7,14H2,1-3H3,(H,15,17). The van der Waals surface area contributed by atoms with E-state index in [1.165, 1.54) is 0 Å². The molecule has 0 saturated heterocycles. The van der Waals surface area contributed by atoms with E-state index in [2.05, 4.69) is 5.32 Å². The summed E-state index contributed by atoms with van der Waals surface area (Å²) in [5.41, 5.74) is 1.97. The van der Waals surface area contributed by atoms with Gasteiger partial charge in [-0.15, -0.1) is 0 Å². The first-order valence-electron chi connectivity index (χ1n) is 5.93. The van der Waals surface area contributed by atoms with Gasteiger partial charge in [-0.05, 0) is 13.3 Å². The molecule has 120 valence electrons. The molecule has 0 bridgehead atoms. The number of nitrogens with one attached hydrogen (secondary N) is 1. The first kappa shape index (κ1) is 19.1. The molecule has 1 unspecified atom stereocenters. The predicted octanol–water partition coefficient (Wildman–Crippen LogP) is 0.0539. The van der Waals surface area contributed by atoms with Crippen molar-refractivity contribution in [1.29, 1.82) is 0 Å². The van der Waals surface area contributed by atoms with Crippen LogP contribution in [0.3, 0.4) is 0 Å². The van der Waals surface area contributed by atoms with E-state index in [4.69, 9.17) is 5.73 Å². The lowest BCUT2D eigenvalue weighted by atomic mass is 10.0. The van der Waals surface area contributed by atoms with Gasteiger partial charge in [0.1, 0.15) is 0 Å². The van der Waals surface area contributed by atoms with E-state index in [1.807, 2.05) is 0 Å². The summed E-state index contributed by atoms with van der Waals surface area (Å²) in [7, 11) is -3.35. The van der Waals surface area contributed by atoms with Gasteiger partial charge in [0.2, 0.25) is 15.9 Å². The fraction of sp³-hybridized carbons (Fsp3) is 0.900. The number of alkyl halides is 3. The van der Waals surface area contributed by atoms with Crippen molar-refractivity contribution in [3.63, 3.8) is 0 Å². The normalized spacial score (nSPS) is 16.0. The zero-order valence-electron chi connectivity index (χ0n) is 11.6. The van der Waals surface area contributed by atoms with Gasteiger partial charge in [0, 0.05) is 19.6 Å². The molecule has 0 aliphatic heterocycles. The van der Waals surface area contributed by atoms with Crippen molar-refractivity contribution in [3.05, 3.63) is 0 Å². The van der Waals surface area contributed by atoms with Crippen molar-refractivity contribution >= 4 is 15.9 Å². The average molecular weight is 319 g/mol. The van der Waals surface area contributed by atoms with Crippen molar-refractivity contribution in [2.24, 2.45) is 5.73 Å². The van der Waals surface area contributed by atoms with Crippen LogP contribution < -0.4 is 11.1 Å². The second-order valence-electron chi connectivity index (χ2n) is 4.56. The second kappa shape index (κ2) is 6.72. The number of carbonyl (C=O) groups excluding carboxylic acids is 1. The monoisotopic (exact) mass is 319 g/mol. The Hall–Kier alpha value is -0.870. The Morgan fingerprint density at radius 2 is 1.85 bits per heavy atom. The number of nitrogens with two attached hydrogens (primary N) is 1. The van der Waals surface area contributed by atoms with Gasteiger partial charge in [0.15, 0.2) is 5.54 Å². The van der Waals surface area contributed by atoms with Crippen LogP contribution in [-0.2, 0) is 14.8 Å². The molecule has 0 aliphatic carbocycles. The number of nitrogens with zero attached hydrogens (tertiary/aromatic N) is 1. The number of rotatable bonds is 7. The van der Waals surface area contributed by atoms with E-state index in [0.717, 1.165) is 10.6 Å². The van der Waals surface area contributed by atoms with E-state index in [0.29, 0.717) is 6.92 Å². The Kier molecular flexibility index (Phi) is 6.43. The van der Waals surface area contributed by atoms with Crippen LogP contribution in [0, 0.1) is 0 Å². The van der Waals surface area contributed by atoms with Crippen molar-refractivity contribution in [1.82, 2.24) is 9.62 Å². The summed E-state index contributed by atoms with van der Waals surface area (Å²) in [5, 5.41) is 2.05. The Morgan fingerprint density at radius 1 is 1.35 bits per heavy atom. The molecule has 0 spiro atoms. The third-order valence-electron chi connectivity index (χ3n) is 2.75. The quantitative estimate of drug-likeness (QED) is 0.649. The van der Waals surface area contributed by atoms with Crippen LogP contribution in [0.2, 0.25) is 0 Å². The highest BCUT2D eigenvalue weighted by Gasteiger charge is 2.53. The molecule has 0 saturated carbocycles. The summed E-state index contributed by atoms with van der Waals surface area (Å²) in [6.07, 6.45) is -3.62. The van der Waals surface area contributed by atoms with Gasteiger partial charge < -0.3 is 11.1 Å². The highest BCUT2D eigenvalue weighted by molar-refractivity contribution is 7.88. The first-order chi connectivity index (χ1) is 8.84. The largest absolute Gasteiger partial charge is 0.415 e. The summed E-state index contributed by atoms with van der Waals surface area (Å²) in [5.74, 6) is -1.34. The number of sulfonamides is 1. The summed E-state index contributed by atoms with van der Waals surface area (Å²) < 4.78 is 61.0. The molecule has 3 N–H and O–H groups in total. The minimum Gasteiger partial charge on any atom is -0.354 e. The molecule has 0 aromatic heterocycles. The lowest BCUT2D eigenvalue weighted by Gasteiger charge is -2.26. The van der Waals surface area contributed by atoms with Crippen LogP contribution in [-0.4, -0.2) is 56.2 Å². The zero-order chi connectivity index (χ0) is 16.2. The molecular formula is C10H20F3N3O3S. The molecule has 6 nitrogen and oxygen atoms in total. The Morgan fingerprint density at radius 3 is 2.20 bits per heavy atom. The number of amides is 1. The summed E-state index contributed by atoms with van der Waals surface area (Å²) >= 11 is 0. The minimum atomic E-state index is -4.85. The van der Waals surface area contributed by atoms with Crippen LogP contribution in [0.25, 0.3) is 0 Å². The second-order valence-corrected chi connectivity index (χ2v) is 6.55. The van der Waals surface area contributed by atoms with Gasteiger partial charge >= 0.3 is 6.18 Å². The zero-order valence-corrected chi connectivity index (χ0v) is 12.4. The first-order valence-corrected chi connectivity index (χ1v) is 7.78. The van der Waals surface area contributed by atoms with Crippen molar-refractivity contribution in [2.45, 2.75) is 32.0 Å². The van der Waals surface area contributed by atoms with E-state index >= 15 is 0 Å². The molecule has 0 aromatic rings. The highest BCUT2D eigenvalue weighted by Crippen LogP contribution is 2.27. The molecule has 0 heterocycles. The number of carbonyl (C=O) groups is 1. The molecule has 0 rings (SSSR count). The van der Waals surface area contributed by atoms with E-state index in [-0.39, 0.29) is 26.1 Å². The molecule has 1 amide bonds. The maximum atomic E-state index is 12.5. The fourth-order valence-electron chi connectivity index (χ4n) is 1.33. The fourth-order valence-corrected chi connectivity index (χ4v) is 2.26. The molecule has 0 fully saturated rings. The molecule has 10 heteroatoms. The Labute approximate surface area is 116 Å². The Balaban J connectivity index is 4.31. The van der Waals surface area contributed by atoms with Gasteiger partial charge in [-0.3, -0.25) is 4.79 Å². The van der Waals surface area contributed by atoms with Crippen molar-refractivity contribution in [3.8, 4) is 0 Å². The smallest absolute Gasteiger partial charge is 0.354 e. The van der Waals surface area contributed by atoms with E-state index in [1.54, 1.807) is 6.92 Å². The summed E-state index contributed by atoms with van der Waals surface area (Å²) in [6, 6.07) is 0. The molecule has 1 atom stereocenters. The molecular weight excluding hydrogens is 299 g/mol. The van der Waals surface area contributed by atoms with Gasteiger partial charge in [0.05, 0.1) is 6.26 Å². The summed E-state index contributed by atoms with van der Waals surface area (Å²) in [4.78, 5) is 11.3. The SMILES string of the molecule is CCN(CCCNC(=O)C(C)(N)C(F)(F)F)S(C)(=O)=O.